The Balaban J connectivity index is 2.80. The first kappa shape index (κ1) is 14.9. The highest BCUT2D eigenvalue weighted by atomic mass is 19.1. The molecule has 0 aliphatic heterocycles. The largest absolute Gasteiger partial charge is 0.409 e. The molecule has 0 saturated carbocycles. The van der Waals surface area contributed by atoms with Gasteiger partial charge in [0.2, 0.25) is 0 Å². The average Bonchev–Trinajstić information content (AvgIpc) is 2.40. The molecule has 1 rings (SSSR count). The number of rotatable bonds is 5. The molecule has 0 aliphatic rings. The monoisotopic (exact) mass is 267 g/mol. The van der Waals surface area contributed by atoms with E-state index in [9.17, 15) is 9.18 Å². The first-order valence-corrected chi connectivity index (χ1v) is 6.01. The zero-order valence-electron chi connectivity index (χ0n) is 11.0. The lowest BCUT2D eigenvalue weighted by Gasteiger charge is -2.17. The Labute approximate surface area is 111 Å². The summed E-state index contributed by atoms with van der Waals surface area (Å²) in [4.78, 5) is 12.0. The molecule has 1 aromatic carbocycles. The fraction of sp³-hybridized carbons (Fsp3) is 0.385. The number of nitrogens with two attached hydrogens (primary N) is 1. The minimum Gasteiger partial charge on any atom is -0.409 e. The van der Waals surface area contributed by atoms with Gasteiger partial charge in [0, 0.05) is 18.0 Å². The average molecular weight is 267 g/mol. The van der Waals surface area contributed by atoms with E-state index in [-0.39, 0.29) is 29.8 Å². The minimum atomic E-state index is -0.458. The Bertz CT molecular complexity index is 489. The first-order chi connectivity index (χ1) is 8.97. The molecular weight excluding hydrogens is 249 g/mol. The summed E-state index contributed by atoms with van der Waals surface area (Å²) in [7, 11) is 0. The number of carbonyl (C=O) groups excluding carboxylic acids is 1. The third-order valence-corrected chi connectivity index (χ3v) is 2.86. The Kier molecular flexibility index (Phi) is 5.29. The van der Waals surface area contributed by atoms with Crippen LogP contribution in [0.2, 0.25) is 0 Å². The number of amides is 1. The van der Waals surface area contributed by atoms with Crippen molar-refractivity contribution in [1.82, 2.24) is 5.32 Å². The van der Waals surface area contributed by atoms with Crippen molar-refractivity contribution in [3.8, 4) is 0 Å². The van der Waals surface area contributed by atoms with Gasteiger partial charge >= 0.3 is 0 Å². The van der Waals surface area contributed by atoms with Gasteiger partial charge in [-0.25, -0.2) is 4.39 Å². The predicted molar refractivity (Wildman–Crippen MR) is 70.7 cm³/mol. The van der Waals surface area contributed by atoms with Crippen LogP contribution in [0.1, 0.15) is 35.7 Å². The number of halogens is 1. The summed E-state index contributed by atoms with van der Waals surface area (Å²) in [6.07, 6.45) is 0.865. The van der Waals surface area contributed by atoms with Crippen LogP contribution in [0.15, 0.2) is 23.4 Å². The van der Waals surface area contributed by atoms with Gasteiger partial charge in [0.1, 0.15) is 11.7 Å². The molecule has 0 aromatic heterocycles. The summed E-state index contributed by atoms with van der Waals surface area (Å²) in [5.74, 6) is -0.780. The predicted octanol–water partition coefficient (Wildman–Crippen LogP) is 1.78. The molecule has 1 amide bonds. The van der Waals surface area contributed by atoms with Crippen molar-refractivity contribution in [1.29, 1.82) is 0 Å². The zero-order chi connectivity index (χ0) is 14.4. The van der Waals surface area contributed by atoms with Crippen LogP contribution < -0.4 is 11.1 Å². The Morgan fingerprint density at radius 3 is 2.84 bits per heavy atom. The lowest BCUT2D eigenvalue weighted by atomic mass is 10.1. The molecule has 0 fully saturated rings. The standard InChI is InChI=1S/C13H18FN3O2/c1-3-10(7-12(15)17-19)16-13(18)11-6-9(14)5-4-8(11)2/h4-6,10,19H,3,7H2,1-2H3,(H2,15,17)(H,16,18). The SMILES string of the molecule is CCC(CC(N)=NO)NC(=O)c1cc(F)ccc1C. The molecule has 1 aromatic rings. The number of hydrogen-bond acceptors (Lipinski definition) is 3. The van der Waals surface area contributed by atoms with E-state index in [1.807, 2.05) is 6.92 Å². The highest BCUT2D eigenvalue weighted by Crippen LogP contribution is 2.11. The number of carbonyl (C=O) groups is 1. The summed E-state index contributed by atoms with van der Waals surface area (Å²) in [5.41, 5.74) is 6.39. The Morgan fingerprint density at radius 1 is 1.58 bits per heavy atom. The molecule has 4 N–H and O–H groups in total. The summed E-state index contributed by atoms with van der Waals surface area (Å²) in [5, 5.41) is 14.1. The van der Waals surface area contributed by atoms with Gasteiger partial charge in [0.05, 0.1) is 0 Å². The minimum absolute atomic E-state index is 0.0446. The van der Waals surface area contributed by atoms with E-state index in [0.717, 1.165) is 0 Å². The van der Waals surface area contributed by atoms with Crippen LogP contribution in [-0.4, -0.2) is 23.0 Å². The second-order valence-electron chi connectivity index (χ2n) is 4.33. The van der Waals surface area contributed by atoms with Gasteiger partial charge in [-0.2, -0.15) is 0 Å². The van der Waals surface area contributed by atoms with Crippen LogP contribution in [-0.2, 0) is 0 Å². The number of aryl methyl sites for hydroxylation is 1. The van der Waals surface area contributed by atoms with Crippen molar-refractivity contribution in [2.45, 2.75) is 32.7 Å². The van der Waals surface area contributed by atoms with Crippen molar-refractivity contribution in [2.75, 3.05) is 0 Å². The molecular formula is C13H18FN3O2. The van der Waals surface area contributed by atoms with Crippen LogP contribution in [0, 0.1) is 12.7 Å². The van der Waals surface area contributed by atoms with Gasteiger partial charge in [-0.1, -0.05) is 18.1 Å². The van der Waals surface area contributed by atoms with Gasteiger partial charge in [0.15, 0.2) is 0 Å². The van der Waals surface area contributed by atoms with Crippen LogP contribution in [0.5, 0.6) is 0 Å². The molecule has 0 spiro atoms. The summed E-state index contributed by atoms with van der Waals surface area (Å²) < 4.78 is 13.1. The molecule has 0 saturated heterocycles. The van der Waals surface area contributed by atoms with E-state index in [4.69, 9.17) is 10.9 Å². The second-order valence-corrected chi connectivity index (χ2v) is 4.33. The molecule has 6 heteroatoms. The number of benzene rings is 1. The summed E-state index contributed by atoms with van der Waals surface area (Å²) >= 11 is 0. The molecule has 0 heterocycles. The normalized spacial score (nSPS) is 13.1. The Hall–Kier alpha value is -2.11. The third-order valence-electron chi connectivity index (χ3n) is 2.86. The molecule has 19 heavy (non-hydrogen) atoms. The smallest absolute Gasteiger partial charge is 0.251 e. The van der Waals surface area contributed by atoms with Crippen molar-refractivity contribution in [3.63, 3.8) is 0 Å². The number of oxime groups is 1. The topological polar surface area (TPSA) is 87.7 Å². The summed E-state index contributed by atoms with van der Waals surface area (Å²) in [6.45, 7) is 3.60. The van der Waals surface area contributed by atoms with Gasteiger partial charge in [0.25, 0.3) is 5.91 Å². The Morgan fingerprint density at radius 2 is 2.26 bits per heavy atom. The van der Waals surface area contributed by atoms with Gasteiger partial charge in [-0.15, -0.1) is 0 Å². The highest BCUT2D eigenvalue weighted by Gasteiger charge is 2.15. The van der Waals surface area contributed by atoms with Crippen LogP contribution in [0.3, 0.4) is 0 Å². The first-order valence-electron chi connectivity index (χ1n) is 6.01. The van der Waals surface area contributed by atoms with E-state index in [0.29, 0.717) is 12.0 Å². The van der Waals surface area contributed by atoms with Gasteiger partial charge < -0.3 is 16.3 Å². The van der Waals surface area contributed by atoms with Crippen LogP contribution in [0.4, 0.5) is 4.39 Å². The number of nitrogens with one attached hydrogen (secondary N) is 1. The molecule has 0 aliphatic carbocycles. The van der Waals surface area contributed by atoms with Crippen molar-refractivity contribution >= 4 is 11.7 Å². The maximum atomic E-state index is 13.1. The number of nitrogens with zero attached hydrogens (tertiary/aromatic N) is 1. The van der Waals surface area contributed by atoms with Gasteiger partial charge in [-0.05, 0) is 31.0 Å². The highest BCUT2D eigenvalue weighted by molar-refractivity contribution is 5.96. The molecule has 1 atom stereocenters. The maximum absolute atomic E-state index is 13.1. The molecule has 1 unspecified atom stereocenters. The van der Waals surface area contributed by atoms with E-state index >= 15 is 0 Å². The van der Waals surface area contributed by atoms with Crippen molar-refractivity contribution in [3.05, 3.63) is 35.1 Å². The lowest BCUT2D eigenvalue weighted by Crippen LogP contribution is -2.37. The zero-order valence-corrected chi connectivity index (χ0v) is 11.0. The summed E-state index contributed by atoms with van der Waals surface area (Å²) in [6, 6.07) is 3.79. The van der Waals surface area contributed by atoms with Crippen LogP contribution >= 0.6 is 0 Å². The van der Waals surface area contributed by atoms with Crippen molar-refractivity contribution < 1.29 is 14.4 Å². The molecule has 0 radical (unpaired) electrons. The van der Waals surface area contributed by atoms with E-state index in [2.05, 4.69) is 10.5 Å². The van der Waals surface area contributed by atoms with E-state index < -0.39 is 5.82 Å². The molecule has 5 nitrogen and oxygen atoms in total. The number of hydrogen-bond donors (Lipinski definition) is 3. The maximum Gasteiger partial charge on any atom is 0.251 e. The van der Waals surface area contributed by atoms with Crippen LogP contribution in [0.25, 0.3) is 0 Å². The molecule has 104 valence electrons. The van der Waals surface area contributed by atoms with Gasteiger partial charge in [-0.3, -0.25) is 4.79 Å². The second kappa shape index (κ2) is 6.72. The van der Waals surface area contributed by atoms with E-state index in [1.54, 1.807) is 13.0 Å². The lowest BCUT2D eigenvalue weighted by molar-refractivity contribution is 0.0936. The quantitative estimate of drug-likeness (QED) is 0.329. The molecule has 0 bridgehead atoms. The van der Waals surface area contributed by atoms with E-state index in [1.165, 1.54) is 12.1 Å². The fourth-order valence-electron chi connectivity index (χ4n) is 1.69. The third kappa shape index (κ3) is 4.24. The van der Waals surface area contributed by atoms with Crippen molar-refractivity contribution in [2.24, 2.45) is 10.9 Å². The number of amidine groups is 1. The fourth-order valence-corrected chi connectivity index (χ4v) is 1.69.